The van der Waals surface area contributed by atoms with E-state index in [1.165, 1.54) is 11.1 Å². The quantitative estimate of drug-likeness (QED) is 0.625. The van der Waals surface area contributed by atoms with Gasteiger partial charge in [-0.25, -0.2) is 0 Å². The van der Waals surface area contributed by atoms with E-state index in [4.69, 9.17) is 9.47 Å². The fourth-order valence-corrected chi connectivity index (χ4v) is 2.33. The number of ether oxygens (including phenoxy) is 2. The molecule has 14 heavy (non-hydrogen) atoms. The minimum atomic E-state index is 0.324. The van der Waals surface area contributed by atoms with Gasteiger partial charge in [0.15, 0.2) is 0 Å². The molecule has 0 spiro atoms. The maximum absolute atomic E-state index is 5.69. The van der Waals surface area contributed by atoms with Gasteiger partial charge in [0, 0.05) is 18.9 Å². The molecule has 1 aromatic rings. The Bertz CT molecular complexity index is 316. The first-order chi connectivity index (χ1) is 6.72. The predicted molar refractivity (Wildman–Crippen MR) is 54.0 cm³/mol. The second-order valence-electron chi connectivity index (χ2n) is 4.33. The summed E-state index contributed by atoms with van der Waals surface area (Å²) in [5.41, 5.74) is 2.68. The van der Waals surface area contributed by atoms with Crippen molar-refractivity contribution in [3.8, 4) is 11.5 Å². The summed E-state index contributed by atoms with van der Waals surface area (Å²) in [5.74, 6) is 2.04. The number of fused-ring (bicyclic) bond motifs is 2. The van der Waals surface area contributed by atoms with E-state index in [2.05, 4.69) is 26.0 Å². The molecule has 0 fully saturated rings. The number of benzene rings is 1. The summed E-state index contributed by atoms with van der Waals surface area (Å²) < 4.78 is 11.4. The van der Waals surface area contributed by atoms with Crippen LogP contribution in [0.15, 0.2) is 12.1 Å². The molecule has 2 heteroatoms. The molecule has 0 saturated carbocycles. The Balaban J connectivity index is 2.05. The Morgan fingerprint density at radius 2 is 1.43 bits per heavy atom. The Hall–Kier alpha value is -1.18. The van der Waals surface area contributed by atoms with Crippen LogP contribution in [0.3, 0.4) is 0 Å². The third-order valence-electron chi connectivity index (χ3n) is 2.91. The summed E-state index contributed by atoms with van der Waals surface area (Å²) >= 11 is 0. The normalized spacial score (nSPS) is 27.9. The van der Waals surface area contributed by atoms with Crippen molar-refractivity contribution in [1.29, 1.82) is 0 Å². The second-order valence-corrected chi connectivity index (χ2v) is 4.33. The van der Waals surface area contributed by atoms with Crippen LogP contribution in [0.25, 0.3) is 0 Å². The lowest BCUT2D eigenvalue weighted by Crippen LogP contribution is -2.06. The van der Waals surface area contributed by atoms with Gasteiger partial charge < -0.3 is 9.47 Å². The minimum Gasteiger partial charge on any atom is -0.490 e. The minimum absolute atomic E-state index is 0.324. The van der Waals surface area contributed by atoms with Crippen molar-refractivity contribution in [2.24, 2.45) is 0 Å². The Morgan fingerprint density at radius 1 is 0.929 bits per heavy atom. The van der Waals surface area contributed by atoms with Crippen molar-refractivity contribution < 1.29 is 9.47 Å². The summed E-state index contributed by atoms with van der Waals surface area (Å²) in [5, 5.41) is 0. The highest BCUT2D eigenvalue weighted by Gasteiger charge is 2.26. The van der Waals surface area contributed by atoms with E-state index in [1.54, 1.807) is 0 Å². The summed E-state index contributed by atoms with van der Waals surface area (Å²) in [6, 6.07) is 4.30. The molecule has 2 nitrogen and oxygen atoms in total. The van der Waals surface area contributed by atoms with Gasteiger partial charge in [-0.3, -0.25) is 0 Å². The fourth-order valence-electron chi connectivity index (χ4n) is 2.33. The molecule has 2 unspecified atom stereocenters. The Kier molecular flexibility index (Phi) is 1.55. The van der Waals surface area contributed by atoms with Crippen LogP contribution in [-0.2, 0) is 12.8 Å². The molecule has 0 bridgehead atoms. The molecule has 2 heterocycles. The highest BCUT2D eigenvalue weighted by atomic mass is 16.5. The van der Waals surface area contributed by atoms with Crippen LogP contribution >= 0.6 is 0 Å². The molecule has 3 rings (SSSR count). The lowest BCUT2D eigenvalue weighted by atomic mass is 10.0. The van der Waals surface area contributed by atoms with Gasteiger partial charge >= 0.3 is 0 Å². The van der Waals surface area contributed by atoms with Gasteiger partial charge in [0.2, 0.25) is 0 Å². The average Bonchev–Trinajstić information content (AvgIpc) is 2.59. The van der Waals surface area contributed by atoms with Crippen molar-refractivity contribution in [2.75, 3.05) is 0 Å². The van der Waals surface area contributed by atoms with Gasteiger partial charge in [0.25, 0.3) is 0 Å². The first-order valence-corrected chi connectivity index (χ1v) is 5.21. The van der Waals surface area contributed by atoms with Crippen molar-refractivity contribution in [2.45, 2.75) is 38.9 Å². The van der Waals surface area contributed by atoms with E-state index < -0.39 is 0 Å². The number of hydrogen-bond donors (Lipinski definition) is 0. The van der Waals surface area contributed by atoms with Crippen LogP contribution in [0, 0.1) is 0 Å². The summed E-state index contributed by atoms with van der Waals surface area (Å²) in [6.45, 7) is 4.21. The molecule has 0 amide bonds. The van der Waals surface area contributed by atoms with E-state index in [0.717, 1.165) is 24.3 Å². The maximum atomic E-state index is 5.69. The van der Waals surface area contributed by atoms with Crippen LogP contribution < -0.4 is 9.47 Å². The molecule has 0 aromatic heterocycles. The smallest absolute Gasteiger partial charge is 0.126 e. The molecule has 74 valence electrons. The standard InChI is InChI=1S/C12H14O2/c1-7-3-9-5-10-4-8(2)14-12(10)6-11(9)13-7/h5-8H,3-4H2,1-2H3. The van der Waals surface area contributed by atoms with Gasteiger partial charge in [0.05, 0.1) is 0 Å². The van der Waals surface area contributed by atoms with Crippen LogP contribution in [0.4, 0.5) is 0 Å². The van der Waals surface area contributed by atoms with Gasteiger partial charge in [-0.1, -0.05) is 0 Å². The highest BCUT2D eigenvalue weighted by Crippen LogP contribution is 2.38. The molecular weight excluding hydrogens is 176 g/mol. The topological polar surface area (TPSA) is 18.5 Å². The van der Waals surface area contributed by atoms with Crippen LogP contribution in [-0.4, -0.2) is 12.2 Å². The summed E-state index contributed by atoms with van der Waals surface area (Å²) in [6.07, 6.45) is 2.73. The van der Waals surface area contributed by atoms with Crippen LogP contribution in [0.1, 0.15) is 25.0 Å². The van der Waals surface area contributed by atoms with Crippen LogP contribution in [0.5, 0.6) is 11.5 Å². The lowest BCUT2D eigenvalue weighted by Gasteiger charge is -2.05. The predicted octanol–water partition coefficient (Wildman–Crippen LogP) is 2.33. The first-order valence-electron chi connectivity index (χ1n) is 5.21. The molecule has 0 aliphatic carbocycles. The van der Waals surface area contributed by atoms with Crippen molar-refractivity contribution in [1.82, 2.24) is 0 Å². The van der Waals surface area contributed by atoms with Crippen molar-refractivity contribution >= 4 is 0 Å². The molecule has 2 aliphatic rings. The zero-order valence-electron chi connectivity index (χ0n) is 8.54. The van der Waals surface area contributed by atoms with Gasteiger partial charge in [-0.15, -0.1) is 0 Å². The third kappa shape index (κ3) is 1.10. The van der Waals surface area contributed by atoms with E-state index >= 15 is 0 Å². The van der Waals surface area contributed by atoms with Crippen molar-refractivity contribution in [3.63, 3.8) is 0 Å². The molecule has 2 aliphatic heterocycles. The zero-order chi connectivity index (χ0) is 9.71. The van der Waals surface area contributed by atoms with Gasteiger partial charge in [-0.2, -0.15) is 0 Å². The number of rotatable bonds is 0. The third-order valence-corrected chi connectivity index (χ3v) is 2.91. The molecular formula is C12H14O2. The van der Waals surface area contributed by atoms with Crippen molar-refractivity contribution in [3.05, 3.63) is 23.3 Å². The number of hydrogen-bond acceptors (Lipinski definition) is 2. The molecule has 1 aromatic carbocycles. The monoisotopic (exact) mass is 190 g/mol. The fraction of sp³-hybridized carbons (Fsp3) is 0.500. The largest absolute Gasteiger partial charge is 0.490 e. The van der Waals surface area contributed by atoms with Crippen LogP contribution in [0.2, 0.25) is 0 Å². The molecule has 0 N–H and O–H groups in total. The molecule has 2 atom stereocenters. The summed E-state index contributed by atoms with van der Waals surface area (Å²) in [7, 11) is 0. The maximum Gasteiger partial charge on any atom is 0.126 e. The van der Waals surface area contributed by atoms with E-state index in [9.17, 15) is 0 Å². The molecule has 0 radical (unpaired) electrons. The average molecular weight is 190 g/mol. The van der Waals surface area contributed by atoms with Gasteiger partial charge in [-0.05, 0) is 31.0 Å². The highest BCUT2D eigenvalue weighted by molar-refractivity contribution is 5.50. The Labute approximate surface area is 83.8 Å². The van der Waals surface area contributed by atoms with E-state index in [1.807, 2.05) is 0 Å². The molecule has 0 saturated heterocycles. The first kappa shape index (κ1) is 8.16. The lowest BCUT2D eigenvalue weighted by molar-refractivity contribution is 0.244. The van der Waals surface area contributed by atoms with Gasteiger partial charge in [0.1, 0.15) is 23.7 Å². The van der Waals surface area contributed by atoms with E-state index in [-0.39, 0.29) is 0 Å². The second kappa shape index (κ2) is 2.66. The van der Waals surface area contributed by atoms with E-state index in [0.29, 0.717) is 12.2 Å². The Morgan fingerprint density at radius 3 is 1.93 bits per heavy atom. The SMILES string of the molecule is CC1Cc2cc3c(cc2O1)OC(C)C3. The zero-order valence-corrected chi connectivity index (χ0v) is 8.54. The summed E-state index contributed by atoms with van der Waals surface area (Å²) in [4.78, 5) is 0.